The monoisotopic (exact) mass is 291 g/mol. The number of nitrogens with two attached hydrogens (primary N) is 1. The van der Waals surface area contributed by atoms with E-state index in [9.17, 15) is 4.79 Å². The van der Waals surface area contributed by atoms with Crippen molar-refractivity contribution >= 4 is 22.9 Å². The molecule has 0 fully saturated rings. The zero-order valence-electron chi connectivity index (χ0n) is 11.3. The van der Waals surface area contributed by atoms with Crippen molar-refractivity contribution in [2.75, 3.05) is 26.0 Å². The van der Waals surface area contributed by atoms with Crippen LogP contribution in [0.5, 0.6) is 0 Å². The van der Waals surface area contributed by atoms with Gasteiger partial charge in [-0.2, -0.15) is 0 Å². The molecular formula is C14H17N3O2S. The van der Waals surface area contributed by atoms with E-state index in [4.69, 9.17) is 10.5 Å². The fourth-order valence-electron chi connectivity index (χ4n) is 1.67. The van der Waals surface area contributed by atoms with E-state index in [0.717, 1.165) is 22.0 Å². The minimum absolute atomic E-state index is 0.0452. The predicted octanol–water partition coefficient (Wildman–Crippen LogP) is 1.70. The molecule has 1 aromatic heterocycles. The first-order valence-corrected chi connectivity index (χ1v) is 7.13. The molecule has 2 aromatic rings. The summed E-state index contributed by atoms with van der Waals surface area (Å²) in [6.45, 7) is 1.03. The van der Waals surface area contributed by atoms with Gasteiger partial charge in [0.1, 0.15) is 5.01 Å². The van der Waals surface area contributed by atoms with Gasteiger partial charge in [0.25, 0.3) is 0 Å². The summed E-state index contributed by atoms with van der Waals surface area (Å²) in [7, 11) is 1.60. The Balaban J connectivity index is 1.95. The van der Waals surface area contributed by atoms with E-state index in [2.05, 4.69) is 10.3 Å². The van der Waals surface area contributed by atoms with E-state index in [1.165, 1.54) is 11.3 Å². The molecule has 0 bridgehead atoms. The highest BCUT2D eigenvalue weighted by Crippen LogP contribution is 2.24. The van der Waals surface area contributed by atoms with Crippen LogP contribution in [0.2, 0.25) is 0 Å². The molecule has 1 amide bonds. The minimum Gasteiger partial charge on any atom is -0.399 e. The highest BCUT2D eigenvalue weighted by atomic mass is 32.1. The van der Waals surface area contributed by atoms with Crippen molar-refractivity contribution in [3.8, 4) is 10.6 Å². The average Bonchev–Trinajstić information content (AvgIpc) is 2.88. The van der Waals surface area contributed by atoms with Gasteiger partial charge in [0.2, 0.25) is 5.91 Å². The topological polar surface area (TPSA) is 77.2 Å². The first-order valence-electron chi connectivity index (χ1n) is 6.25. The predicted molar refractivity (Wildman–Crippen MR) is 80.6 cm³/mol. The Labute approximate surface area is 121 Å². The molecule has 0 aliphatic rings. The highest BCUT2D eigenvalue weighted by molar-refractivity contribution is 7.13. The molecule has 0 atom stereocenters. The van der Waals surface area contributed by atoms with Crippen LogP contribution >= 0.6 is 11.3 Å². The van der Waals surface area contributed by atoms with Crippen molar-refractivity contribution in [3.63, 3.8) is 0 Å². The number of anilines is 1. The Morgan fingerprint density at radius 2 is 2.15 bits per heavy atom. The molecule has 0 saturated heterocycles. The number of ether oxygens (including phenoxy) is 1. The van der Waals surface area contributed by atoms with Gasteiger partial charge in [0.15, 0.2) is 0 Å². The molecule has 3 N–H and O–H groups in total. The number of nitrogen functional groups attached to an aromatic ring is 1. The minimum atomic E-state index is -0.0452. The summed E-state index contributed by atoms with van der Waals surface area (Å²) >= 11 is 1.52. The second kappa shape index (κ2) is 7.02. The number of aromatic nitrogens is 1. The van der Waals surface area contributed by atoms with Crippen molar-refractivity contribution in [1.29, 1.82) is 0 Å². The van der Waals surface area contributed by atoms with Crippen molar-refractivity contribution in [2.45, 2.75) is 6.42 Å². The maximum Gasteiger partial charge on any atom is 0.226 e. The molecule has 0 unspecified atom stereocenters. The van der Waals surface area contributed by atoms with E-state index < -0.39 is 0 Å². The van der Waals surface area contributed by atoms with Crippen molar-refractivity contribution in [2.24, 2.45) is 0 Å². The third kappa shape index (κ3) is 4.04. The summed E-state index contributed by atoms with van der Waals surface area (Å²) in [5.74, 6) is -0.0452. The SMILES string of the molecule is COCCNC(=O)Cc1csc(-c2ccc(N)cc2)n1. The van der Waals surface area contributed by atoms with E-state index in [0.29, 0.717) is 13.2 Å². The van der Waals surface area contributed by atoms with E-state index in [-0.39, 0.29) is 12.3 Å². The number of nitrogens with zero attached hydrogens (tertiary/aromatic N) is 1. The standard InChI is InChI=1S/C14H17N3O2S/c1-19-7-6-16-13(18)8-12-9-20-14(17-12)10-2-4-11(15)5-3-10/h2-5,9H,6-8,15H2,1H3,(H,16,18). The molecule has 0 aliphatic carbocycles. The maximum absolute atomic E-state index is 11.7. The van der Waals surface area contributed by atoms with Crippen LogP contribution in [0.15, 0.2) is 29.6 Å². The quantitative estimate of drug-likeness (QED) is 0.627. The van der Waals surface area contributed by atoms with Crippen LogP contribution in [0.4, 0.5) is 5.69 Å². The van der Waals surface area contributed by atoms with Crippen molar-refractivity contribution in [3.05, 3.63) is 35.3 Å². The number of amides is 1. The number of carbonyl (C=O) groups is 1. The largest absolute Gasteiger partial charge is 0.399 e. The molecule has 0 aliphatic heterocycles. The van der Waals surface area contributed by atoms with Crippen LogP contribution in [-0.4, -0.2) is 31.2 Å². The summed E-state index contributed by atoms with van der Waals surface area (Å²) in [6, 6.07) is 7.54. The van der Waals surface area contributed by atoms with Crippen LogP contribution in [0.25, 0.3) is 10.6 Å². The molecule has 0 spiro atoms. The summed E-state index contributed by atoms with van der Waals surface area (Å²) in [5.41, 5.74) is 8.16. The van der Waals surface area contributed by atoms with Crippen LogP contribution in [-0.2, 0) is 16.0 Å². The summed E-state index contributed by atoms with van der Waals surface area (Å²) < 4.78 is 4.88. The molecule has 6 heteroatoms. The number of thiazole rings is 1. The van der Waals surface area contributed by atoms with Gasteiger partial charge in [-0.05, 0) is 24.3 Å². The van der Waals surface area contributed by atoms with E-state index >= 15 is 0 Å². The summed E-state index contributed by atoms with van der Waals surface area (Å²) in [6.07, 6.45) is 0.287. The maximum atomic E-state index is 11.7. The lowest BCUT2D eigenvalue weighted by atomic mass is 10.2. The Morgan fingerprint density at radius 1 is 1.40 bits per heavy atom. The summed E-state index contributed by atoms with van der Waals surface area (Å²) in [4.78, 5) is 16.1. The second-order valence-corrected chi connectivity index (χ2v) is 5.14. The lowest BCUT2D eigenvalue weighted by molar-refractivity contribution is -0.120. The van der Waals surface area contributed by atoms with Crippen LogP contribution in [0.1, 0.15) is 5.69 Å². The normalized spacial score (nSPS) is 10.4. The average molecular weight is 291 g/mol. The molecule has 0 radical (unpaired) electrons. The fourth-order valence-corrected chi connectivity index (χ4v) is 2.49. The lowest BCUT2D eigenvalue weighted by Gasteiger charge is -2.02. The van der Waals surface area contributed by atoms with Crippen molar-refractivity contribution < 1.29 is 9.53 Å². The fraction of sp³-hybridized carbons (Fsp3) is 0.286. The van der Waals surface area contributed by atoms with Crippen LogP contribution < -0.4 is 11.1 Å². The second-order valence-electron chi connectivity index (χ2n) is 4.29. The van der Waals surface area contributed by atoms with Gasteiger partial charge in [0, 0.05) is 30.3 Å². The van der Waals surface area contributed by atoms with E-state index in [1.807, 2.05) is 29.6 Å². The third-order valence-electron chi connectivity index (χ3n) is 2.68. The number of hydrogen-bond donors (Lipinski definition) is 2. The Hall–Kier alpha value is -1.92. The number of rotatable bonds is 6. The zero-order chi connectivity index (χ0) is 14.4. The number of methoxy groups -OCH3 is 1. The van der Waals surface area contributed by atoms with Crippen LogP contribution in [0.3, 0.4) is 0 Å². The lowest BCUT2D eigenvalue weighted by Crippen LogP contribution is -2.28. The molecule has 2 rings (SSSR count). The smallest absolute Gasteiger partial charge is 0.226 e. The third-order valence-corrected chi connectivity index (χ3v) is 3.62. The first-order chi connectivity index (χ1) is 9.69. The first kappa shape index (κ1) is 14.5. The molecule has 5 nitrogen and oxygen atoms in total. The van der Waals surface area contributed by atoms with Gasteiger partial charge in [-0.3, -0.25) is 4.79 Å². The number of carbonyl (C=O) groups excluding carboxylic acids is 1. The Kier molecular flexibility index (Phi) is 5.09. The van der Waals surface area contributed by atoms with Gasteiger partial charge in [-0.15, -0.1) is 11.3 Å². The van der Waals surface area contributed by atoms with Gasteiger partial charge in [-0.25, -0.2) is 4.98 Å². The Morgan fingerprint density at radius 3 is 2.85 bits per heavy atom. The van der Waals surface area contributed by atoms with Gasteiger partial charge in [-0.1, -0.05) is 0 Å². The van der Waals surface area contributed by atoms with Gasteiger partial charge < -0.3 is 15.8 Å². The molecule has 106 valence electrons. The van der Waals surface area contributed by atoms with E-state index in [1.54, 1.807) is 7.11 Å². The molecule has 20 heavy (non-hydrogen) atoms. The van der Waals surface area contributed by atoms with Gasteiger partial charge in [0.05, 0.1) is 18.7 Å². The van der Waals surface area contributed by atoms with Gasteiger partial charge >= 0.3 is 0 Å². The van der Waals surface area contributed by atoms with Crippen LogP contribution in [0, 0.1) is 0 Å². The zero-order valence-corrected chi connectivity index (χ0v) is 12.1. The Bertz CT molecular complexity index is 566. The summed E-state index contributed by atoms with van der Waals surface area (Å²) in [5, 5.41) is 5.57. The number of nitrogens with one attached hydrogen (secondary N) is 1. The molecular weight excluding hydrogens is 274 g/mol. The van der Waals surface area contributed by atoms with Crippen molar-refractivity contribution in [1.82, 2.24) is 10.3 Å². The number of benzene rings is 1. The number of hydrogen-bond acceptors (Lipinski definition) is 5. The molecule has 1 aromatic carbocycles. The molecule has 1 heterocycles. The molecule has 0 saturated carbocycles. The highest BCUT2D eigenvalue weighted by Gasteiger charge is 2.08.